The van der Waals surface area contributed by atoms with E-state index in [1.54, 1.807) is 0 Å². The number of hydrogen-bond acceptors (Lipinski definition) is 5. The van der Waals surface area contributed by atoms with Gasteiger partial charge < -0.3 is 14.2 Å². The molecule has 0 saturated carbocycles. The molecule has 0 amide bonds. The van der Waals surface area contributed by atoms with Crippen LogP contribution in [0.1, 0.15) is 34.6 Å². The zero-order chi connectivity index (χ0) is 13.9. The molecular formula is C13H22O5. The van der Waals surface area contributed by atoms with Gasteiger partial charge in [0, 0.05) is 19.8 Å². The highest BCUT2D eigenvalue weighted by atomic mass is 16.7. The Bertz CT molecular complexity index is 313. The summed E-state index contributed by atoms with van der Waals surface area (Å²) in [6.07, 6.45) is -0.793. The fraction of sp³-hybridized carbons (Fsp3) is 0.846. The first-order valence-electron chi connectivity index (χ1n) is 6.29. The van der Waals surface area contributed by atoms with E-state index in [4.69, 9.17) is 14.2 Å². The molecule has 1 saturated heterocycles. The molecule has 1 fully saturated rings. The van der Waals surface area contributed by atoms with E-state index >= 15 is 0 Å². The topological polar surface area (TPSA) is 61.8 Å². The van der Waals surface area contributed by atoms with Crippen molar-refractivity contribution in [2.45, 2.75) is 47.0 Å². The average molecular weight is 258 g/mol. The smallest absolute Gasteiger partial charge is 0.304 e. The third-order valence-electron chi connectivity index (χ3n) is 3.72. The van der Waals surface area contributed by atoms with Gasteiger partial charge in [0.05, 0.1) is 6.10 Å². The van der Waals surface area contributed by atoms with Gasteiger partial charge in [0.2, 0.25) is 6.29 Å². The molecular weight excluding hydrogens is 236 g/mol. The molecule has 5 nitrogen and oxygen atoms in total. The molecule has 0 spiro atoms. The molecule has 5 atom stereocenters. The van der Waals surface area contributed by atoms with E-state index in [-0.39, 0.29) is 36.5 Å². The Balaban J connectivity index is 2.67. The van der Waals surface area contributed by atoms with E-state index in [2.05, 4.69) is 13.8 Å². The van der Waals surface area contributed by atoms with E-state index in [1.807, 2.05) is 6.92 Å². The molecule has 0 aromatic heterocycles. The summed E-state index contributed by atoms with van der Waals surface area (Å²) in [4.78, 5) is 21.9. The zero-order valence-corrected chi connectivity index (χ0v) is 11.6. The molecule has 0 aromatic rings. The first-order chi connectivity index (χ1) is 8.32. The molecule has 0 aliphatic carbocycles. The highest BCUT2D eigenvalue weighted by Crippen LogP contribution is 2.35. The number of carbonyl (C=O) groups is 2. The minimum atomic E-state index is -0.561. The molecule has 1 aliphatic heterocycles. The predicted octanol–water partition coefficient (Wildman–Crippen LogP) is 1.75. The molecule has 2 unspecified atom stereocenters. The molecule has 0 radical (unpaired) electrons. The number of carbonyl (C=O) groups excluding carboxylic acids is 2. The summed E-state index contributed by atoms with van der Waals surface area (Å²) < 4.78 is 15.9. The SMILES string of the molecule is CC(=O)OCC1O[C@H](OC(C)=O)[C@@H](C)C(C)[C@@H]1C. The molecule has 5 heteroatoms. The highest BCUT2D eigenvalue weighted by molar-refractivity contribution is 5.66. The van der Waals surface area contributed by atoms with Gasteiger partial charge in [-0.3, -0.25) is 9.59 Å². The van der Waals surface area contributed by atoms with Crippen LogP contribution in [-0.4, -0.2) is 30.9 Å². The second-order valence-electron chi connectivity index (χ2n) is 5.03. The van der Waals surface area contributed by atoms with Crippen molar-refractivity contribution < 1.29 is 23.8 Å². The Morgan fingerprint density at radius 3 is 2.11 bits per heavy atom. The van der Waals surface area contributed by atoms with Crippen LogP contribution >= 0.6 is 0 Å². The summed E-state index contributed by atoms with van der Waals surface area (Å²) in [5, 5.41) is 0. The minimum absolute atomic E-state index is 0.123. The van der Waals surface area contributed by atoms with Gasteiger partial charge in [0.15, 0.2) is 0 Å². The third kappa shape index (κ3) is 3.70. The summed E-state index contributed by atoms with van der Waals surface area (Å²) >= 11 is 0. The molecule has 0 bridgehead atoms. The van der Waals surface area contributed by atoms with Crippen LogP contribution in [0.4, 0.5) is 0 Å². The van der Waals surface area contributed by atoms with Crippen LogP contribution in [0.25, 0.3) is 0 Å². The van der Waals surface area contributed by atoms with E-state index in [0.29, 0.717) is 5.92 Å². The van der Waals surface area contributed by atoms with Crippen LogP contribution in [0, 0.1) is 17.8 Å². The van der Waals surface area contributed by atoms with Crippen LogP contribution in [0.2, 0.25) is 0 Å². The van der Waals surface area contributed by atoms with Crippen molar-refractivity contribution in [1.82, 2.24) is 0 Å². The first kappa shape index (κ1) is 15.0. The van der Waals surface area contributed by atoms with Crippen molar-refractivity contribution in [2.75, 3.05) is 6.61 Å². The van der Waals surface area contributed by atoms with Crippen LogP contribution in [0.3, 0.4) is 0 Å². The van der Waals surface area contributed by atoms with Crippen molar-refractivity contribution in [1.29, 1.82) is 0 Å². The molecule has 1 rings (SSSR count). The largest absolute Gasteiger partial charge is 0.463 e. The highest BCUT2D eigenvalue weighted by Gasteiger charge is 2.41. The van der Waals surface area contributed by atoms with E-state index in [1.165, 1.54) is 13.8 Å². The Morgan fingerprint density at radius 2 is 1.61 bits per heavy atom. The van der Waals surface area contributed by atoms with Gasteiger partial charge in [-0.2, -0.15) is 0 Å². The van der Waals surface area contributed by atoms with Crippen LogP contribution < -0.4 is 0 Å². The number of ether oxygens (including phenoxy) is 3. The normalized spacial score (nSPS) is 35.9. The molecule has 1 heterocycles. The van der Waals surface area contributed by atoms with Gasteiger partial charge in [-0.15, -0.1) is 0 Å². The van der Waals surface area contributed by atoms with E-state index < -0.39 is 6.29 Å². The lowest BCUT2D eigenvalue weighted by atomic mass is 9.79. The van der Waals surface area contributed by atoms with Gasteiger partial charge in [0.25, 0.3) is 0 Å². The van der Waals surface area contributed by atoms with Gasteiger partial charge >= 0.3 is 11.9 Å². The third-order valence-corrected chi connectivity index (χ3v) is 3.72. The maximum absolute atomic E-state index is 11.0. The fourth-order valence-electron chi connectivity index (χ4n) is 2.17. The van der Waals surface area contributed by atoms with Crippen LogP contribution in [-0.2, 0) is 23.8 Å². The Hall–Kier alpha value is -1.10. The number of rotatable bonds is 3. The van der Waals surface area contributed by atoms with Gasteiger partial charge in [-0.25, -0.2) is 0 Å². The lowest BCUT2D eigenvalue weighted by Gasteiger charge is -2.42. The van der Waals surface area contributed by atoms with Gasteiger partial charge in [-0.05, 0) is 11.8 Å². The molecule has 104 valence electrons. The summed E-state index contributed by atoms with van der Waals surface area (Å²) in [7, 11) is 0. The predicted molar refractivity (Wildman–Crippen MR) is 64.6 cm³/mol. The Labute approximate surface area is 108 Å². The maximum atomic E-state index is 11.0. The molecule has 1 aliphatic rings. The Morgan fingerprint density at radius 1 is 1.00 bits per heavy atom. The number of hydrogen-bond donors (Lipinski definition) is 0. The van der Waals surface area contributed by atoms with Crippen LogP contribution in [0.15, 0.2) is 0 Å². The van der Waals surface area contributed by atoms with Gasteiger partial charge in [0.1, 0.15) is 6.61 Å². The molecule has 0 aromatic carbocycles. The Kier molecular flexibility index (Phi) is 5.14. The molecule has 0 N–H and O–H groups in total. The van der Waals surface area contributed by atoms with Crippen LogP contribution in [0.5, 0.6) is 0 Å². The van der Waals surface area contributed by atoms with Gasteiger partial charge in [-0.1, -0.05) is 20.8 Å². The maximum Gasteiger partial charge on any atom is 0.304 e. The summed E-state index contributed by atoms with van der Waals surface area (Å²) in [6, 6.07) is 0. The average Bonchev–Trinajstić information content (AvgIpc) is 2.27. The van der Waals surface area contributed by atoms with E-state index in [9.17, 15) is 9.59 Å². The first-order valence-corrected chi connectivity index (χ1v) is 6.29. The fourth-order valence-corrected chi connectivity index (χ4v) is 2.17. The lowest BCUT2D eigenvalue weighted by molar-refractivity contribution is -0.248. The summed E-state index contributed by atoms with van der Waals surface area (Å²) in [6.45, 7) is 9.07. The minimum Gasteiger partial charge on any atom is -0.463 e. The summed E-state index contributed by atoms with van der Waals surface area (Å²) in [5.41, 5.74) is 0. The van der Waals surface area contributed by atoms with Crippen molar-refractivity contribution in [2.24, 2.45) is 17.8 Å². The van der Waals surface area contributed by atoms with Crippen molar-refractivity contribution in [3.8, 4) is 0 Å². The quantitative estimate of drug-likeness (QED) is 0.722. The van der Waals surface area contributed by atoms with Crippen molar-refractivity contribution in [3.63, 3.8) is 0 Å². The number of esters is 2. The summed E-state index contributed by atoms with van der Waals surface area (Å²) in [5.74, 6) is -0.00625. The monoisotopic (exact) mass is 258 g/mol. The standard InChI is InChI=1S/C13H22O5/c1-7-8(2)12(6-16-10(4)14)18-13(9(7)3)17-11(5)15/h7-9,12-13H,6H2,1-5H3/t7?,8-,9-,12?,13-/m0/s1. The lowest BCUT2D eigenvalue weighted by Crippen LogP contribution is -2.48. The van der Waals surface area contributed by atoms with Crippen molar-refractivity contribution >= 4 is 11.9 Å². The zero-order valence-electron chi connectivity index (χ0n) is 11.6. The molecule has 18 heavy (non-hydrogen) atoms. The second kappa shape index (κ2) is 6.18. The van der Waals surface area contributed by atoms with E-state index in [0.717, 1.165) is 0 Å². The van der Waals surface area contributed by atoms with Crippen molar-refractivity contribution in [3.05, 3.63) is 0 Å². The second-order valence-corrected chi connectivity index (χ2v) is 5.03.